The number of hydrogen-bond donors (Lipinski definition) is 1. The van der Waals surface area contributed by atoms with E-state index in [0.717, 1.165) is 12.0 Å². The van der Waals surface area contributed by atoms with E-state index in [-0.39, 0.29) is 0 Å². The summed E-state index contributed by atoms with van der Waals surface area (Å²) in [5, 5.41) is 3.43. The standard InChI is InChI=1S/C11H22N2/c1-10-4-2-3-5-11(10)13-8-6-12-7-9-13/h10-12H,2-9H2,1H3. The van der Waals surface area contributed by atoms with Gasteiger partial charge in [-0.2, -0.15) is 0 Å². The van der Waals surface area contributed by atoms with E-state index in [1.807, 2.05) is 0 Å². The summed E-state index contributed by atoms with van der Waals surface area (Å²) in [5.74, 6) is 0.937. The number of hydrogen-bond acceptors (Lipinski definition) is 2. The molecule has 2 fully saturated rings. The Morgan fingerprint density at radius 1 is 1.08 bits per heavy atom. The van der Waals surface area contributed by atoms with Gasteiger partial charge in [0.2, 0.25) is 0 Å². The summed E-state index contributed by atoms with van der Waals surface area (Å²) in [5.41, 5.74) is 0. The maximum Gasteiger partial charge on any atom is 0.0122 e. The SMILES string of the molecule is CC1CCCCC1N1CCNCC1. The van der Waals surface area contributed by atoms with Crippen molar-refractivity contribution in [1.29, 1.82) is 0 Å². The number of nitrogens with zero attached hydrogens (tertiary/aromatic N) is 1. The van der Waals surface area contributed by atoms with E-state index in [1.165, 1.54) is 51.9 Å². The zero-order valence-corrected chi connectivity index (χ0v) is 8.76. The molecule has 2 aliphatic rings. The van der Waals surface area contributed by atoms with Crippen LogP contribution >= 0.6 is 0 Å². The molecule has 1 heterocycles. The van der Waals surface area contributed by atoms with Gasteiger partial charge in [0, 0.05) is 32.2 Å². The van der Waals surface area contributed by atoms with E-state index in [0.29, 0.717) is 0 Å². The zero-order valence-electron chi connectivity index (χ0n) is 8.76. The van der Waals surface area contributed by atoms with Gasteiger partial charge in [-0.25, -0.2) is 0 Å². The van der Waals surface area contributed by atoms with Gasteiger partial charge < -0.3 is 5.32 Å². The molecule has 0 aromatic rings. The summed E-state index contributed by atoms with van der Waals surface area (Å²) >= 11 is 0. The molecule has 0 amide bonds. The molecule has 2 nitrogen and oxygen atoms in total. The molecule has 1 saturated heterocycles. The maximum absolute atomic E-state index is 3.43. The molecule has 13 heavy (non-hydrogen) atoms. The van der Waals surface area contributed by atoms with Gasteiger partial charge in [0.25, 0.3) is 0 Å². The van der Waals surface area contributed by atoms with E-state index in [9.17, 15) is 0 Å². The summed E-state index contributed by atoms with van der Waals surface area (Å²) in [7, 11) is 0. The largest absolute Gasteiger partial charge is 0.314 e. The average molecular weight is 182 g/mol. The first-order chi connectivity index (χ1) is 6.38. The highest BCUT2D eigenvalue weighted by molar-refractivity contribution is 4.83. The summed E-state index contributed by atoms with van der Waals surface area (Å²) in [6.07, 6.45) is 5.82. The molecule has 0 spiro atoms. The van der Waals surface area contributed by atoms with Crippen LogP contribution in [-0.2, 0) is 0 Å². The van der Waals surface area contributed by atoms with Crippen LogP contribution in [0.5, 0.6) is 0 Å². The molecule has 1 saturated carbocycles. The zero-order chi connectivity index (χ0) is 9.10. The Labute approximate surface area is 81.7 Å². The minimum atomic E-state index is 0.899. The minimum absolute atomic E-state index is 0.899. The molecule has 0 aromatic heterocycles. The summed E-state index contributed by atoms with van der Waals surface area (Å²) < 4.78 is 0. The smallest absolute Gasteiger partial charge is 0.0122 e. The van der Waals surface area contributed by atoms with Crippen molar-refractivity contribution in [1.82, 2.24) is 10.2 Å². The summed E-state index contributed by atoms with van der Waals surface area (Å²) in [6.45, 7) is 7.38. The highest BCUT2D eigenvalue weighted by Crippen LogP contribution is 2.27. The van der Waals surface area contributed by atoms with Crippen LogP contribution in [0.3, 0.4) is 0 Å². The average Bonchev–Trinajstić information content (AvgIpc) is 2.20. The van der Waals surface area contributed by atoms with Crippen molar-refractivity contribution in [3.63, 3.8) is 0 Å². The van der Waals surface area contributed by atoms with Crippen molar-refractivity contribution in [3.8, 4) is 0 Å². The predicted octanol–water partition coefficient (Wildman–Crippen LogP) is 1.47. The quantitative estimate of drug-likeness (QED) is 0.660. The first-order valence-corrected chi connectivity index (χ1v) is 5.82. The van der Waals surface area contributed by atoms with Crippen molar-refractivity contribution < 1.29 is 0 Å². The Morgan fingerprint density at radius 2 is 1.77 bits per heavy atom. The van der Waals surface area contributed by atoms with E-state index >= 15 is 0 Å². The van der Waals surface area contributed by atoms with Crippen LogP contribution in [0.4, 0.5) is 0 Å². The van der Waals surface area contributed by atoms with Crippen LogP contribution in [-0.4, -0.2) is 37.1 Å². The number of piperazine rings is 1. The van der Waals surface area contributed by atoms with Crippen LogP contribution in [0.25, 0.3) is 0 Å². The Hall–Kier alpha value is -0.0800. The lowest BCUT2D eigenvalue weighted by atomic mass is 9.84. The molecule has 2 rings (SSSR count). The number of nitrogens with one attached hydrogen (secondary N) is 1. The highest BCUT2D eigenvalue weighted by Gasteiger charge is 2.27. The highest BCUT2D eigenvalue weighted by atomic mass is 15.2. The van der Waals surface area contributed by atoms with E-state index in [2.05, 4.69) is 17.1 Å². The van der Waals surface area contributed by atoms with Gasteiger partial charge in [-0.05, 0) is 18.8 Å². The third-order valence-corrected chi connectivity index (χ3v) is 3.69. The van der Waals surface area contributed by atoms with Crippen LogP contribution in [0.15, 0.2) is 0 Å². The van der Waals surface area contributed by atoms with E-state index in [4.69, 9.17) is 0 Å². The topological polar surface area (TPSA) is 15.3 Å². The van der Waals surface area contributed by atoms with Crippen molar-refractivity contribution in [2.75, 3.05) is 26.2 Å². The fourth-order valence-electron chi connectivity index (χ4n) is 2.85. The normalized spacial score (nSPS) is 37.6. The predicted molar refractivity (Wildman–Crippen MR) is 55.9 cm³/mol. The molecule has 2 atom stereocenters. The van der Waals surface area contributed by atoms with Crippen molar-refractivity contribution in [2.24, 2.45) is 5.92 Å². The minimum Gasteiger partial charge on any atom is -0.314 e. The molecular weight excluding hydrogens is 160 g/mol. The summed E-state index contributed by atoms with van der Waals surface area (Å²) in [6, 6.07) is 0.899. The van der Waals surface area contributed by atoms with Crippen LogP contribution < -0.4 is 5.32 Å². The van der Waals surface area contributed by atoms with Crippen LogP contribution in [0.2, 0.25) is 0 Å². The number of rotatable bonds is 1. The summed E-state index contributed by atoms with van der Waals surface area (Å²) in [4.78, 5) is 2.71. The first kappa shape index (κ1) is 9.47. The molecular formula is C11H22N2. The van der Waals surface area contributed by atoms with Gasteiger partial charge in [-0.3, -0.25) is 4.90 Å². The van der Waals surface area contributed by atoms with Gasteiger partial charge in [0.05, 0.1) is 0 Å². The fraction of sp³-hybridized carbons (Fsp3) is 1.00. The second-order valence-electron chi connectivity index (χ2n) is 4.62. The lowest BCUT2D eigenvalue weighted by molar-refractivity contribution is 0.0988. The second kappa shape index (κ2) is 4.43. The first-order valence-electron chi connectivity index (χ1n) is 5.82. The lowest BCUT2D eigenvalue weighted by Crippen LogP contribution is -2.51. The van der Waals surface area contributed by atoms with Crippen molar-refractivity contribution in [2.45, 2.75) is 38.6 Å². The van der Waals surface area contributed by atoms with Gasteiger partial charge in [-0.1, -0.05) is 19.8 Å². The lowest BCUT2D eigenvalue weighted by Gasteiger charge is -2.40. The Balaban J connectivity index is 1.88. The molecule has 2 heteroatoms. The Kier molecular flexibility index (Phi) is 3.23. The maximum atomic E-state index is 3.43. The van der Waals surface area contributed by atoms with Gasteiger partial charge >= 0.3 is 0 Å². The third kappa shape index (κ3) is 2.23. The molecule has 1 aliphatic carbocycles. The molecule has 0 aromatic carbocycles. The molecule has 76 valence electrons. The molecule has 2 unspecified atom stereocenters. The molecule has 0 radical (unpaired) electrons. The molecule has 1 aliphatic heterocycles. The van der Waals surface area contributed by atoms with Gasteiger partial charge in [0.15, 0.2) is 0 Å². The second-order valence-corrected chi connectivity index (χ2v) is 4.62. The van der Waals surface area contributed by atoms with Crippen LogP contribution in [0.1, 0.15) is 32.6 Å². The van der Waals surface area contributed by atoms with Crippen molar-refractivity contribution in [3.05, 3.63) is 0 Å². The van der Waals surface area contributed by atoms with Gasteiger partial charge in [-0.15, -0.1) is 0 Å². The fourth-order valence-corrected chi connectivity index (χ4v) is 2.85. The van der Waals surface area contributed by atoms with Gasteiger partial charge in [0.1, 0.15) is 0 Å². The monoisotopic (exact) mass is 182 g/mol. The van der Waals surface area contributed by atoms with Crippen LogP contribution in [0, 0.1) is 5.92 Å². The molecule has 0 bridgehead atoms. The third-order valence-electron chi connectivity index (χ3n) is 3.69. The van der Waals surface area contributed by atoms with Crippen molar-refractivity contribution >= 4 is 0 Å². The van der Waals surface area contributed by atoms with E-state index in [1.54, 1.807) is 0 Å². The van der Waals surface area contributed by atoms with E-state index < -0.39 is 0 Å². The Morgan fingerprint density at radius 3 is 2.46 bits per heavy atom. The Bertz CT molecular complexity index is 152. The molecule has 1 N–H and O–H groups in total.